The first-order chi connectivity index (χ1) is 7.97. The van der Waals surface area contributed by atoms with Crippen molar-refractivity contribution in [1.82, 2.24) is 4.90 Å². The van der Waals surface area contributed by atoms with Crippen LogP contribution in [-0.4, -0.2) is 32.1 Å². The van der Waals surface area contributed by atoms with E-state index >= 15 is 0 Å². The number of nitrogens with zero attached hydrogens (tertiary/aromatic N) is 1. The number of carbonyl (C=O) groups excluding carboxylic acids is 1. The molecule has 0 N–H and O–H groups in total. The Labute approximate surface area is 103 Å². The van der Waals surface area contributed by atoms with Crippen molar-refractivity contribution in [1.29, 1.82) is 0 Å². The predicted molar refractivity (Wildman–Crippen MR) is 69.0 cm³/mol. The molecule has 0 aliphatic heterocycles. The Hall–Kier alpha value is -1.35. The van der Waals surface area contributed by atoms with Gasteiger partial charge in [-0.1, -0.05) is 26.0 Å². The molecule has 0 aromatic heterocycles. The van der Waals surface area contributed by atoms with Crippen LogP contribution >= 0.6 is 0 Å². The lowest BCUT2D eigenvalue weighted by atomic mass is 9.94. The third-order valence-corrected chi connectivity index (χ3v) is 2.86. The molecule has 0 aliphatic carbocycles. The molecule has 3 nitrogen and oxygen atoms in total. The fourth-order valence-corrected chi connectivity index (χ4v) is 2.21. The average molecular weight is 235 g/mol. The maximum atomic E-state index is 11.3. The minimum Gasteiger partial charge on any atom is -0.465 e. The number of hydrogen-bond donors (Lipinski definition) is 0. The monoisotopic (exact) mass is 235 g/mol. The minimum atomic E-state index is -0.289. The van der Waals surface area contributed by atoms with Crippen molar-refractivity contribution in [2.24, 2.45) is 5.92 Å². The summed E-state index contributed by atoms with van der Waals surface area (Å²) in [6.07, 6.45) is 0. The van der Waals surface area contributed by atoms with Crippen LogP contribution in [-0.2, 0) is 4.74 Å². The van der Waals surface area contributed by atoms with Crippen molar-refractivity contribution in [2.75, 3.05) is 21.2 Å². The SMILES string of the molecule is COC(=O)c1ccc([C@@H](C(C)C)N(C)C)cc1. The van der Waals surface area contributed by atoms with Crippen molar-refractivity contribution in [3.63, 3.8) is 0 Å². The van der Waals surface area contributed by atoms with Crippen LogP contribution < -0.4 is 0 Å². The highest BCUT2D eigenvalue weighted by molar-refractivity contribution is 5.89. The molecule has 0 saturated carbocycles. The van der Waals surface area contributed by atoms with Crippen LogP contribution in [0, 0.1) is 5.92 Å². The Morgan fingerprint density at radius 3 is 2.06 bits per heavy atom. The van der Waals surface area contributed by atoms with E-state index in [4.69, 9.17) is 0 Å². The van der Waals surface area contributed by atoms with Gasteiger partial charge in [-0.3, -0.25) is 0 Å². The van der Waals surface area contributed by atoms with Crippen LogP contribution in [0.5, 0.6) is 0 Å². The summed E-state index contributed by atoms with van der Waals surface area (Å²) in [4.78, 5) is 13.5. The zero-order valence-electron chi connectivity index (χ0n) is 11.2. The van der Waals surface area contributed by atoms with Gasteiger partial charge in [0.1, 0.15) is 0 Å². The normalized spacial score (nSPS) is 12.9. The molecule has 17 heavy (non-hydrogen) atoms. The number of ether oxygens (including phenoxy) is 1. The summed E-state index contributed by atoms with van der Waals surface area (Å²) in [6.45, 7) is 4.39. The van der Waals surface area contributed by atoms with Crippen LogP contribution in [0.1, 0.15) is 35.8 Å². The molecule has 0 heterocycles. The van der Waals surface area contributed by atoms with Gasteiger partial charge >= 0.3 is 5.97 Å². The minimum absolute atomic E-state index is 0.289. The molecule has 1 rings (SSSR count). The van der Waals surface area contributed by atoms with E-state index in [0.717, 1.165) is 0 Å². The summed E-state index contributed by atoms with van der Waals surface area (Å²) in [6, 6.07) is 8.00. The van der Waals surface area contributed by atoms with Gasteiger partial charge in [-0.05, 0) is 37.7 Å². The maximum absolute atomic E-state index is 11.3. The molecule has 1 aromatic carbocycles. The molecule has 3 heteroatoms. The van der Waals surface area contributed by atoms with Gasteiger partial charge in [-0.25, -0.2) is 4.79 Å². The highest BCUT2D eigenvalue weighted by atomic mass is 16.5. The lowest BCUT2D eigenvalue weighted by Crippen LogP contribution is -2.24. The topological polar surface area (TPSA) is 29.5 Å². The quantitative estimate of drug-likeness (QED) is 0.751. The molecule has 0 unspecified atom stereocenters. The lowest BCUT2D eigenvalue weighted by molar-refractivity contribution is 0.0600. The predicted octanol–water partition coefficient (Wildman–Crippen LogP) is 2.73. The maximum Gasteiger partial charge on any atom is 0.337 e. The van der Waals surface area contributed by atoms with Gasteiger partial charge < -0.3 is 9.64 Å². The smallest absolute Gasteiger partial charge is 0.337 e. The van der Waals surface area contributed by atoms with E-state index in [-0.39, 0.29) is 5.97 Å². The highest BCUT2D eigenvalue weighted by Gasteiger charge is 2.18. The summed E-state index contributed by atoms with van der Waals surface area (Å²) in [5.41, 5.74) is 1.81. The molecule has 0 amide bonds. The number of methoxy groups -OCH3 is 1. The van der Waals surface area contributed by atoms with Crippen molar-refractivity contribution in [3.8, 4) is 0 Å². The second-order valence-corrected chi connectivity index (χ2v) is 4.77. The molecule has 0 fully saturated rings. The van der Waals surface area contributed by atoms with E-state index in [9.17, 15) is 4.79 Å². The molecule has 0 radical (unpaired) electrons. The first-order valence-electron chi connectivity index (χ1n) is 5.82. The van der Waals surface area contributed by atoms with Crippen molar-refractivity contribution in [2.45, 2.75) is 19.9 Å². The van der Waals surface area contributed by atoms with Crippen molar-refractivity contribution in [3.05, 3.63) is 35.4 Å². The Morgan fingerprint density at radius 1 is 1.18 bits per heavy atom. The summed E-state index contributed by atoms with van der Waals surface area (Å²) in [7, 11) is 5.53. The van der Waals surface area contributed by atoms with Gasteiger partial charge in [0.05, 0.1) is 12.7 Å². The summed E-state index contributed by atoms with van der Waals surface area (Å²) >= 11 is 0. The van der Waals surface area contributed by atoms with Gasteiger partial charge in [-0.15, -0.1) is 0 Å². The summed E-state index contributed by atoms with van der Waals surface area (Å²) < 4.78 is 4.68. The zero-order chi connectivity index (χ0) is 13.0. The Balaban J connectivity index is 2.96. The van der Waals surface area contributed by atoms with E-state index < -0.39 is 0 Å². The van der Waals surface area contributed by atoms with Gasteiger partial charge in [0.2, 0.25) is 0 Å². The molecule has 0 aliphatic rings. The average Bonchev–Trinajstić information content (AvgIpc) is 2.28. The van der Waals surface area contributed by atoms with Crippen LogP contribution in [0.15, 0.2) is 24.3 Å². The number of benzene rings is 1. The van der Waals surface area contributed by atoms with E-state index in [1.165, 1.54) is 12.7 Å². The first kappa shape index (κ1) is 13.7. The Morgan fingerprint density at radius 2 is 1.71 bits per heavy atom. The number of hydrogen-bond acceptors (Lipinski definition) is 3. The van der Waals surface area contributed by atoms with E-state index in [1.54, 1.807) is 0 Å². The molecule has 94 valence electrons. The fraction of sp³-hybridized carbons (Fsp3) is 0.500. The van der Waals surface area contributed by atoms with E-state index in [1.807, 2.05) is 24.3 Å². The molecule has 0 spiro atoms. The lowest BCUT2D eigenvalue weighted by Gasteiger charge is -2.28. The summed E-state index contributed by atoms with van der Waals surface area (Å²) in [5.74, 6) is 0.233. The number of esters is 1. The standard InChI is InChI=1S/C14H21NO2/c1-10(2)13(15(3)4)11-6-8-12(9-7-11)14(16)17-5/h6-10,13H,1-5H3/t13-/m1/s1. The Bertz CT molecular complexity index is 360. The van der Waals surface area contributed by atoms with Crippen molar-refractivity contribution < 1.29 is 9.53 Å². The fourth-order valence-electron chi connectivity index (χ4n) is 2.21. The molecular weight excluding hydrogens is 214 g/mol. The van der Waals surface area contributed by atoms with Crippen LogP contribution in [0.25, 0.3) is 0 Å². The van der Waals surface area contributed by atoms with Gasteiger partial charge in [-0.2, -0.15) is 0 Å². The van der Waals surface area contributed by atoms with Gasteiger partial charge in [0.25, 0.3) is 0 Å². The van der Waals surface area contributed by atoms with Crippen LogP contribution in [0.2, 0.25) is 0 Å². The van der Waals surface area contributed by atoms with E-state index in [2.05, 4.69) is 37.6 Å². The number of rotatable bonds is 4. The summed E-state index contributed by atoms with van der Waals surface area (Å²) in [5, 5.41) is 0. The van der Waals surface area contributed by atoms with Crippen molar-refractivity contribution >= 4 is 5.97 Å². The molecule has 1 atom stereocenters. The first-order valence-corrected chi connectivity index (χ1v) is 5.82. The second kappa shape index (κ2) is 5.82. The molecule has 0 saturated heterocycles. The second-order valence-electron chi connectivity index (χ2n) is 4.77. The van der Waals surface area contributed by atoms with Crippen LogP contribution in [0.4, 0.5) is 0 Å². The molecule has 1 aromatic rings. The highest BCUT2D eigenvalue weighted by Crippen LogP contribution is 2.26. The molecular formula is C14H21NO2. The third-order valence-electron chi connectivity index (χ3n) is 2.86. The largest absolute Gasteiger partial charge is 0.465 e. The van der Waals surface area contributed by atoms with Crippen LogP contribution in [0.3, 0.4) is 0 Å². The van der Waals surface area contributed by atoms with E-state index in [0.29, 0.717) is 17.5 Å². The number of carbonyl (C=O) groups is 1. The Kier molecular flexibility index (Phi) is 4.70. The molecule has 0 bridgehead atoms. The van der Waals surface area contributed by atoms with Gasteiger partial charge in [0.15, 0.2) is 0 Å². The van der Waals surface area contributed by atoms with Gasteiger partial charge in [0, 0.05) is 6.04 Å². The third kappa shape index (κ3) is 3.30. The zero-order valence-corrected chi connectivity index (χ0v) is 11.2.